The Morgan fingerprint density at radius 3 is 3.00 bits per heavy atom. The van der Waals surface area contributed by atoms with Gasteiger partial charge in [0.15, 0.2) is 0 Å². The zero-order chi connectivity index (χ0) is 18.1. The van der Waals surface area contributed by atoms with Crippen LogP contribution in [0, 0.1) is 12.7 Å². The van der Waals surface area contributed by atoms with Gasteiger partial charge in [0.2, 0.25) is 0 Å². The van der Waals surface area contributed by atoms with Crippen molar-refractivity contribution in [2.45, 2.75) is 19.5 Å². The minimum atomic E-state index is -0.231. The van der Waals surface area contributed by atoms with Gasteiger partial charge in [-0.15, -0.1) is 0 Å². The van der Waals surface area contributed by atoms with Crippen LogP contribution in [-0.4, -0.2) is 33.9 Å². The van der Waals surface area contributed by atoms with E-state index in [-0.39, 0.29) is 17.4 Å². The van der Waals surface area contributed by atoms with Gasteiger partial charge in [-0.25, -0.2) is 9.37 Å². The molecule has 1 unspecified atom stereocenters. The van der Waals surface area contributed by atoms with Gasteiger partial charge < -0.3 is 5.32 Å². The minimum absolute atomic E-state index is 0.0534. The van der Waals surface area contributed by atoms with Crippen molar-refractivity contribution in [1.29, 1.82) is 0 Å². The van der Waals surface area contributed by atoms with E-state index in [9.17, 15) is 9.18 Å². The van der Waals surface area contributed by atoms with E-state index in [4.69, 9.17) is 0 Å². The Morgan fingerprint density at radius 2 is 2.15 bits per heavy atom. The fourth-order valence-corrected chi connectivity index (χ4v) is 3.53. The van der Waals surface area contributed by atoms with E-state index < -0.39 is 0 Å². The molecule has 0 spiro atoms. The maximum Gasteiger partial charge on any atom is 0.258 e. The van der Waals surface area contributed by atoms with Gasteiger partial charge in [-0.05, 0) is 36.2 Å². The van der Waals surface area contributed by atoms with Crippen molar-refractivity contribution in [3.63, 3.8) is 0 Å². The molecule has 4 rings (SSSR count). The normalized spacial score (nSPS) is 18.3. The van der Waals surface area contributed by atoms with Crippen LogP contribution in [0.4, 0.5) is 4.39 Å². The van der Waals surface area contributed by atoms with Crippen LogP contribution in [0.2, 0.25) is 0 Å². The van der Waals surface area contributed by atoms with Gasteiger partial charge in [-0.1, -0.05) is 18.2 Å². The van der Waals surface area contributed by atoms with Crippen molar-refractivity contribution in [2.75, 3.05) is 19.6 Å². The molecule has 5 nitrogen and oxygen atoms in total. The SMILES string of the molecule is Cc1ccc2nc(CN3CCNCC3c3cccc(F)c3)cc(=O)n2c1. The summed E-state index contributed by atoms with van der Waals surface area (Å²) in [6.45, 7) is 4.93. The number of nitrogens with zero attached hydrogens (tertiary/aromatic N) is 3. The summed E-state index contributed by atoms with van der Waals surface area (Å²) in [7, 11) is 0. The molecule has 0 saturated carbocycles. The second kappa shape index (κ2) is 6.97. The summed E-state index contributed by atoms with van der Waals surface area (Å²) >= 11 is 0. The Labute approximate surface area is 151 Å². The third-order valence-corrected chi connectivity index (χ3v) is 4.81. The maximum absolute atomic E-state index is 13.6. The van der Waals surface area contributed by atoms with E-state index in [2.05, 4.69) is 15.2 Å². The molecule has 1 atom stereocenters. The molecule has 0 bridgehead atoms. The van der Waals surface area contributed by atoms with Gasteiger partial charge in [0, 0.05) is 44.5 Å². The zero-order valence-electron chi connectivity index (χ0n) is 14.7. The molecule has 1 saturated heterocycles. The van der Waals surface area contributed by atoms with Crippen molar-refractivity contribution < 1.29 is 4.39 Å². The number of pyridine rings is 1. The molecule has 1 aliphatic heterocycles. The lowest BCUT2D eigenvalue weighted by Crippen LogP contribution is -2.45. The molecule has 0 amide bonds. The van der Waals surface area contributed by atoms with Crippen LogP contribution in [-0.2, 0) is 6.54 Å². The number of nitrogens with one attached hydrogen (secondary N) is 1. The predicted octanol–water partition coefficient (Wildman–Crippen LogP) is 2.29. The summed E-state index contributed by atoms with van der Waals surface area (Å²) in [5.74, 6) is -0.231. The highest BCUT2D eigenvalue weighted by Gasteiger charge is 2.24. The van der Waals surface area contributed by atoms with Crippen LogP contribution in [0.25, 0.3) is 5.65 Å². The monoisotopic (exact) mass is 352 g/mol. The fourth-order valence-electron chi connectivity index (χ4n) is 3.53. The maximum atomic E-state index is 13.6. The van der Waals surface area contributed by atoms with E-state index in [1.807, 2.05) is 25.1 Å². The van der Waals surface area contributed by atoms with Crippen LogP contribution in [0.3, 0.4) is 0 Å². The number of aryl methyl sites for hydroxylation is 1. The number of hydrogen-bond acceptors (Lipinski definition) is 4. The number of fused-ring (bicyclic) bond motifs is 1. The van der Waals surface area contributed by atoms with Crippen molar-refractivity contribution in [2.24, 2.45) is 0 Å². The van der Waals surface area contributed by atoms with E-state index in [1.54, 1.807) is 28.8 Å². The van der Waals surface area contributed by atoms with Gasteiger partial charge in [0.1, 0.15) is 11.5 Å². The Balaban J connectivity index is 1.65. The van der Waals surface area contributed by atoms with Crippen LogP contribution < -0.4 is 10.9 Å². The Kier molecular flexibility index (Phi) is 4.53. The summed E-state index contributed by atoms with van der Waals surface area (Å²) in [6, 6.07) is 12.2. The number of benzene rings is 1. The molecule has 0 radical (unpaired) electrons. The average Bonchev–Trinajstić information content (AvgIpc) is 2.63. The summed E-state index contributed by atoms with van der Waals surface area (Å²) in [5, 5.41) is 3.37. The van der Waals surface area contributed by atoms with E-state index in [0.29, 0.717) is 12.2 Å². The first-order chi connectivity index (χ1) is 12.6. The zero-order valence-corrected chi connectivity index (χ0v) is 14.7. The molecular formula is C20H21FN4O. The second-order valence-electron chi connectivity index (χ2n) is 6.77. The van der Waals surface area contributed by atoms with E-state index >= 15 is 0 Å². The molecule has 3 aromatic rings. The lowest BCUT2D eigenvalue weighted by atomic mass is 10.0. The first-order valence-corrected chi connectivity index (χ1v) is 8.79. The molecule has 134 valence electrons. The van der Waals surface area contributed by atoms with Crippen molar-refractivity contribution in [1.82, 2.24) is 19.6 Å². The molecule has 26 heavy (non-hydrogen) atoms. The fraction of sp³-hybridized carbons (Fsp3) is 0.300. The summed E-state index contributed by atoms with van der Waals surface area (Å²) < 4.78 is 15.2. The summed E-state index contributed by atoms with van der Waals surface area (Å²) in [6.07, 6.45) is 1.80. The highest BCUT2D eigenvalue weighted by Crippen LogP contribution is 2.24. The van der Waals surface area contributed by atoms with Gasteiger partial charge in [-0.3, -0.25) is 14.1 Å². The van der Waals surface area contributed by atoms with E-state index in [1.165, 1.54) is 6.07 Å². The second-order valence-corrected chi connectivity index (χ2v) is 6.77. The highest BCUT2D eigenvalue weighted by molar-refractivity contribution is 5.40. The summed E-state index contributed by atoms with van der Waals surface area (Å²) in [4.78, 5) is 19.3. The van der Waals surface area contributed by atoms with Crippen molar-refractivity contribution >= 4 is 5.65 Å². The molecule has 6 heteroatoms. The van der Waals surface area contributed by atoms with Crippen LogP contribution in [0.15, 0.2) is 53.5 Å². The average molecular weight is 352 g/mol. The number of halogens is 1. The number of hydrogen-bond donors (Lipinski definition) is 1. The van der Waals surface area contributed by atoms with E-state index in [0.717, 1.165) is 36.5 Å². The van der Waals surface area contributed by atoms with Gasteiger partial charge >= 0.3 is 0 Å². The lowest BCUT2D eigenvalue weighted by Gasteiger charge is -2.36. The topological polar surface area (TPSA) is 49.6 Å². The first kappa shape index (κ1) is 16.9. The minimum Gasteiger partial charge on any atom is -0.314 e. The lowest BCUT2D eigenvalue weighted by molar-refractivity contribution is 0.151. The van der Waals surface area contributed by atoms with Crippen LogP contribution >= 0.6 is 0 Å². The van der Waals surface area contributed by atoms with Crippen LogP contribution in [0.1, 0.15) is 22.9 Å². The Morgan fingerprint density at radius 1 is 1.27 bits per heavy atom. The highest BCUT2D eigenvalue weighted by atomic mass is 19.1. The molecule has 1 aromatic carbocycles. The third-order valence-electron chi connectivity index (χ3n) is 4.81. The third kappa shape index (κ3) is 3.38. The summed E-state index contributed by atoms with van der Waals surface area (Å²) in [5.41, 5.74) is 3.26. The Bertz CT molecular complexity index is 1000. The molecule has 2 aromatic heterocycles. The standard InChI is InChI=1S/C20H21FN4O/c1-14-5-6-19-23-17(10-20(26)25(19)12-14)13-24-8-7-22-11-18(24)15-3-2-4-16(21)9-15/h2-6,9-10,12,18,22H,7-8,11,13H2,1H3. The molecule has 1 N–H and O–H groups in total. The molecule has 0 aliphatic carbocycles. The predicted molar refractivity (Wildman–Crippen MR) is 98.6 cm³/mol. The number of piperazine rings is 1. The number of aromatic nitrogens is 2. The first-order valence-electron chi connectivity index (χ1n) is 8.79. The van der Waals surface area contributed by atoms with Gasteiger partial charge in [0.05, 0.1) is 5.69 Å². The van der Waals surface area contributed by atoms with Crippen molar-refractivity contribution in [3.05, 3.63) is 81.7 Å². The van der Waals surface area contributed by atoms with Gasteiger partial charge in [-0.2, -0.15) is 0 Å². The molecule has 1 aliphatic rings. The largest absolute Gasteiger partial charge is 0.314 e. The smallest absolute Gasteiger partial charge is 0.258 e. The molecule has 3 heterocycles. The van der Waals surface area contributed by atoms with Crippen LogP contribution in [0.5, 0.6) is 0 Å². The van der Waals surface area contributed by atoms with Crippen molar-refractivity contribution in [3.8, 4) is 0 Å². The number of rotatable bonds is 3. The Hall–Kier alpha value is -2.57. The quantitative estimate of drug-likeness (QED) is 0.786. The van der Waals surface area contributed by atoms with Gasteiger partial charge in [0.25, 0.3) is 5.56 Å². The molecule has 1 fully saturated rings. The molecular weight excluding hydrogens is 331 g/mol.